The van der Waals surface area contributed by atoms with Gasteiger partial charge in [-0.3, -0.25) is 4.79 Å². The predicted octanol–water partition coefficient (Wildman–Crippen LogP) is 1.86. The Morgan fingerprint density at radius 1 is 1.57 bits per heavy atom. The first-order chi connectivity index (χ1) is 6.83. The molecule has 3 nitrogen and oxygen atoms in total. The van der Waals surface area contributed by atoms with E-state index in [1.54, 1.807) is 0 Å². The lowest BCUT2D eigenvalue weighted by Crippen LogP contribution is -2.25. The second kappa shape index (κ2) is 6.24. The molecule has 78 valence electrons. The largest absolute Gasteiger partial charge is 0.367 e. The topological polar surface area (TPSA) is 44.9 Å². The minimum absolute atomic E-state index is 0.169. The second-order valence-electron chi connectivity index (χ2n) is 3.42. The van der Waals surface area contributed by atoms with Crippen LogP contribution in [0.3, 0.4) is 0 Å². The summed E-state index contributed by atoms with van der Waals surface area (Å²) in [5.74, 6) is 0.169. The molecule has 0 aromatic carbocycles. The number of unbranched alkanes of at least 4 members (excludes halogenated alkanes) is 1. The zero-order chi connectivity index (χ0) is 10.2. The third-order valence-electron chi connectivity index (χ3n) is 2.16. The van der Waals surface area contributed by atoms with E-state index in [-0.39, 0.29) is 5.91 Å². The molecule has 3 heteroatoms. The Hall–Kier alpha value is -1.25. The molecule has 0 aliphatic rings. The van der Waals surface area contributed by atoms with Crippen molar-refractivity contribution in [2.24, 2.45) is 0 Å². The summed E-state index contributed by atoms with van der Waals surface area (Å²) in [6, 6.07) is 2.03. The van der Waals surface area contributed by atoms with Crippen LogP contribution in [0.1, 0.15) is 31.7 Å². The van der Waals surface area contributed by atoms with E-state index < -0.39 is 0 Å². The molecule has 2 N–H and O–H groups in total. The minimum atomic E-state index is 0.169. The van der Waals surface area contributed by atoms with Gasteiger partial charge in [0.05, 0.1) is 0 Å². The van der Waals surface area contributed by atoms with E-state index in [4.69, 9.17) is 0 Å². The SMILES string of the molecule is CCCCC(=O)NCCc1cc[nH]c1. The van der Waals surface area contributed by atoms with Crippen LogP contribution < -0.4 is 5.32 Å². The van der Waals surface area contributed by atoms with Crippen molar-refractivity contribution in [3.05, 3.63) is 24.0 Å². The van der Waals surface area contributed by atoms with Gasteiger partial charge in [-0.05, 0) is 24.5 Å². The van der Waals surface area contributed by atoms with Crippen molar-refractivity contribution in [3.63, 3.8) is 0 Å². The molecule has 1 amide bonds. The van der Waals surface area contributed by atoms with Gasteiger partial charge in [-0.15, -0.1) is 0 Å². The molecule has 0 spiro atoms. The van der Waals surface area contributed by atoms with Gasteiger partial charge in [-0.25, -0.2) is 0 Å². The molecule has 1 heterocycles. The maximum Gasteiger partial charge on any atom is 0.220 e. The summed E-state index contributed by atoms with van der Waals surface area (Å²) in [4.78, 5) is 14.2. The molecule has 1 aromatic heterocycles. The van der Waals surface area contributed by atoms with Crippen molar-refractivity contribution >= 4 is 5.91 Å². The quantitative estimate of drug-likeness (QED) is 0.713. The van der Waals surface area contributed by atoms with Gasteiger partial charge in [-0.2, -0.15) is 0 Å². The highest BCUT2D eigenvalue weighted by Crippen LogP contribution is 1.97. The maximum atomic E-state index is 11.2. The van der Waals surface area contributed by atoms with Gasteiger partial charge in [-0.1, -0.05) is 13.3 Å². The molecule has 0 bridgehead atoms. The molecule has 0 aliphatic heterocycles. The van der Waals surface area contributed by atoms with E-state index in [9.17, 15) is 4.79 Å². The average Bonchev–Trinajstić information content (AvgIpc) is 2.67. The molecule has 0 fully saturated rings. The summed E-state index contributed by atoms with van der Waals surface area (Å²) in [6.07, 6.45) is 7.47. The summed E-state index contributed by atoms with van der Waals surface area (Å²) >= 11 is 0. The number of rotatable bonds is 6. The Morgan fingerprint density at radius 2 is 2.43 bits per heavy atom. The van der Waals surface area contributed by atoms with Gasteiger partial charge in [0.15, 0.2) is 0 Å². The highest BCUT2D eigenvalue weighted by atomic mass is 16.1. The minimum Gasteiger partial charge on any atom is -0.367 e. The molecule has 0 aliphatic carbocycles. The number of nitrogens with one attached hydrogen (secondary N) is 2. The molecule has 0 atom stereocenters. The lowest BCUT2D eigenvalue weighted by atomic mass is 10.2. The Morgan fingerprint density at radius 3 is 3.07 bits per heavy atom. The van der Waals surface area contributed by atoms with E-state index in [1.165, 1.54) is 5.56 Å². The summed E-state index contributed by atoms with van der Waals surface area (Å²) in [5, 5.41) is 2.90. The van der Waals surface area contributed by atoms with E-state index in [2.05, 4.69) is 17.2 Å². The number of aromatic amines is 1. The number of carbonyl (C=O) groups excluding carboxylic acids is 1. The first-order valence-corrected chi connectivity index (χ1v) is 5.21. The van der Waals surface area contributed by atoms with Crippen LogP contribution in [0, 0.1) is 0 Å². The zero-order valence-electron chi connectivity index (χ0n) is 8.68. The molecule has 1 rings (SSSR count). The average molecular weight is 194 g/mol. The number of carbonyl (C=O) groups is 1. The normalized spacial score (nSPS) is 10.1. The molecule has 0 unspecified atom stereocenters. The standard InChI is InChI=1S/C11H18N2O/c1-2-3-4-11(14)13-8-6-10-5-7-12-9-10/h5,7,9,12H,2-4,6,8H2,1H3,(H,13,14). The van der Waals surface area contributed by atoms with Crippen LogP contribution in [0.4, 0.5) is 0 Å². The van der Waals surface area contributed by atoms with Gasteiger partial charge in [0.2, 0.25) is 5.91 Å². The fraction of sp³-hybridized carbons (Fsp3) is 0.545. The van der Waals surface area contributed by atoms with Crippen LogP contribution in [-0.2, 0) is 11.2 Å². The van der Waals surface area contributed by atoms with Crippen LogP contribution in [0.2, 0.25) is 0 Å². The zero-order valence-corrected chi connectivity index (χ0v) is 8.68. The monoisotopic (exact) mass is 194 g/mol. The van der Waals surface area contributed by atoms with Gasteiger partial charge >= 0.3 is 0 Å². The lowest BCUT2D eigenvalue weighted by molar-refractivity contribution is -0.121. The summed E-state index contributed by atoms with van der Waals surface area (Å²) in [5.41, 5.74) is 1.24. The van der Waals surface area contributed by atoms with Gasteiger partial charge in [0, 0.05) is 25.4 Å². The Kier molecular flexibility index (Phi) is 4.83. The summed E-state index contributed by atoms with van der Waals surface area (Å²) in [6.45, 7) is 2.83. The van der Waals surface area contributed by atoms with Crippen molar-refractivity contribution in [1.82, 2.24) is 10.3 Å². The molecule has 0 radical (unpaired) electrons. The smallest absolute Gasteiger partial charge is 0.220 e. The Balaban J connectivity index is 2.06. The molecule has 0 saturated carbocycles. The fourth-order valence-corrected chi connectivity index (χ4v) is 1.29. The Labute approximate surface area is 84.9 Å². The molecule has 14 heavy (non-hydrogen) atoms. The highest BCUT2D eigenvalue weighted by Gasteiger charge is 1.99. The lowest BCUT2D eigenvalue weighted by Gasteiger charge is -2.02. The molecular formula is C11H18N2O. The van der Waals surface area contributed by atoms with Gasteiger partial charge < -0.3 is 10.3 Å². The van der Waals surface area contributed by atoms with Crippen molar-refractivity contribution < 1.29 is 4.79 Å². The van der Waals surface area contributed by atoms with E-state index in [1.807, 2.05) is 18.5 Å². The van der Waals surface area contributed by atoms with Gasteiger partial charge in [0.1, 0.15) is 0 Å². The first kappa shape index (κ1) is 10.8. The molecule has 0 saturated heterocycles. The number of hydrogen-bond donors (Lipinski definition) is 2. The van der Waals surface area contributed by atoms with Crippen LogP contribution in [-0.4, -0.2) is 17.4 Å². The Bertz CT molecular complexity index is 254. The summed E-state index contributed by atoms with van der Waals surface area (Å²) < 4.78 is 0. The maximum absolute atomic E-state index is 11.2. The van der Waals surface area contributed by atoms with Crippen LogP contribution in [0.15, 0.2) is 18.5 Å². The van der Waals surface area contributed by atoms with Crippen molar-refractivity contribution in [2.75, 3.05) is 6.54 Å². The molecule has 1 aromatic rings. The van der Waals surface area contributed by atoms with Crippen molar-refractivity contribution in [2.45, 2.75) is 32.6 Å². The fourth-order valence-electron chi connectivity index (χ4n) is 1.29. The second-order valence-corrected chi connectivity index (χ2v) is 3.42. The van der Waals surface area contributed by atoms with Crippen LogP contribution in [0.25, 0.3) is 0 Å². The highest BCUT2D eigenvalue weighted by molar-refractivity contribution is 5.75. The van der Waals surface area contributed by atoms with E-state index >= 15 is 0 Å². The number of amides is 1. The third-order valence-corrected chi connectivity index (χ3v) is 2.16. The number of hydrogen-bond acceptors (Lipinski definition) is 1. The third kappa shape index (κ3) is 4.12. The molecular weight excluding hydrogens is 176 g/mol. The summed E-state index contributed by atoms with van der Waals surface area (Å²) in [7, 11) is 0. The van der Waals surface area contributed by atoms with Crippen molar-refractivity contribution in [3.8, 4) is 0 Å². The van der Waals surface area contributed by atoms with Crippen LogP contribution in [0.5, 0.6) is 0 Å². The van der Waals surface area contributed by atoms with Gasteiger partial charge in [0.25, 0.3) is 0 Å². The van der Waals surface area contributed by atoms with E-state index in [0.717, 1.165) is 25.8 Å². The first-order valence-electron chi connectivity index (χ1n) is 5.21. The number of aromatic nitrogens is 1. The van der Waals surface area contributed by atoms with Crippen molar-refractivity contribution in [1.29, 1.82) is 0 Å². The van der Waals surface area contributed by atoms with E-state index in [0.29, 0.717) is 6.42 Å². The predicted molar refractivity (Wildman–Crippen MR) is 57.0 cm³/mol. The van der Waals surface area contributed by atoms with Crippen LogP contribution >= 0.6 is 0 Å². The number of H-pyrrole nitrogens is 1.